The first-order valence-electron chi connectivity index (χ1n) is 4.59. The highest BCUT2D eigenvalue weighted by molar-refractivity contribution is 5.40. The Labute approximate surface area is 87.7 Å². The zero-order chi connectivity index (χ0) is 10.5. The maximum absolute atomic E-state index is 4.08. The van der Waals surface area contributed by atoms with Gasteiger partial charge in [-0.2, -0.15) is 5.11 Å². The third-order valence-corrected chi connectivity index (χ3v) is 1.91. The van der Waals surface area contributed by atoms with Crippen molar-refractivity contribution in [2.45, 2.75) is 6.92 Å². The van der Waals surface area contributed by atoms with E-state index in [-0.39, 0.29) is 0 Å². The molecule has 2 aromatic rings. The van der Waals surface area contributed by atoms with Crippen LogP contribution in [0.1, 0.15) is 5.69 Å². The molecule has 74 valence electrons. The van der Waals surface area contributed by atoms with E-state index in [4.69, 9.17) is 0 Å². The smallest absolute Gasteiger partial charge is 0.125 e. The van der Waals surface area contributed by atoms with Crippen LogP contribution in [0.2, 0.25) is 0 Å². The van der Waals surface area contributed by atoms with Gasteiger partial charge in [0.2, 0.25) is 0 Å². The summed E-state index contributed by atoms with van der Waals surface area (Å²) in [6.45, 7) is 1.88. The number of hydrogen-bond acceptors (Lipinski definition) is 4. The number of benzene rings is 1. The Hall–Kier alpha value is -2.10. The molecule has 0 saturated carbocycles. The Morgan fingerprint density at radius 1 is 1.07 bits per heavy atom. The highest BCUT2D eigenvalue weighted by Crippen LogP contribution is 2.18. The van der Waals surface area contributed by atoms with Crippen molar-refractivity contribution >= 4 is 11.4 Å². The molecule has 0 N–H and O–H groups in total. The Balaban J connectivity index is 2.23. The minimum Gasteiger partial charge on any atom is -0.242 e. The second-order valence-corrected chi connectivity index (χ2v) is 3.03. The predicted octanol–water partition coefficient (Wildman–Crippen LogP) is 3.20. The molecule has 0 aliphatic heterocycles. The zero-order valence-corrected chi connectivity index (χ0v) is 8.33. The molecule has 0 spiro atoms. The van der Waals surface area contributed by atoms with Crippen LogP contribution in [0.4, 0.5) is 11.4 Å². The van der Waals surface area contributed by atoms with Crippen molar-refractivity contribution in [3.8, 4) is 0 Å². The summed E-state index contributed by atoms with van der Waals surface area (Å²) in [5.41, 5.74) is 2.34. The highest BCUT2D eigenvalue weighted by atomic mass is 15.1. The van der Waals surface area contributed by atoms with Crippen molar-refractivity contribution in [3.63, 3.8) is 0 Å². The minimum atomic E-state index is 0.696. The molecule has 0 bridgehead atoms. The van der Waals surface area contributed by atoms with E-state index in [1.807, 2.05) is 37.3 Å². The van der Waals surface area contributed by atoms with Crippen LogP contribution in [0.25, 0.3) is 0 Å². The fraction of sp³-hybridized carbons (Fsp3) is 0.0909. The lowest BCUT2D eigenvalue weighted by atomic mass is 10.3. The third kappa shape index (κ3) is 2.43. The average molecular weight is 198 g/mol. The first-order valence-corrected chi connectivity index (χ1v) is 4.59. The fourth-order valence-electron chi connectivity index (χ4n) is 1.09. The molecule has 0 fully saturated rings. The zero-order valence-electron chi connectivity index (χ0n) is 8.33. The Kier molecular flexibility index (Phi) is 2.78. The molecule has 0 saturated heterocycles. The van der Waals surface area contributed by atoms with Gasteiger partial charge in [0, 0.05) is 0 Å². The van der Waals surface area contributed by atoms with Gasteiger partial charge in [-0.05, 0) is 19.1 Å². The molecule has 1 heterocycles. The van der Waals surface area contributed by atoms with Crippen LogP contribution in [0, 0.1) is 6.92 Å². The first-order chi connectivity index (χ1) is 7.36. The van der Waals surface area contributed by atoms with Gasteiger partial charge in [0.05, 0.1) is 17.6 Å². The summed E-state index contributed by atoms with van der Waals surface area (Å²) in [6.07, 6.45) is 3.14. The van der Waals surface area contributed by atoms with Crippen LogP contribution in [-0.4, -0.2) is 9.97 Å². The maximum Gasteiger partial charge on any atom is 0.125 e. The molecule has 1 aromatic heterocycles. The van der Waals surface area contributed by atoms with Gasteiger partial charge in [0.15, 0.2) is 0 Å². The van der Waals surface area contributed by atoms with E-state index in [1.54, 1.807) is 6.20 Å². The van der Waals surface area contributed by atoms with Crippen LogP contribution in [0.3, 0.4) is 0 Å². The van der Waals surface area contributed by atoms with Gasteiger partial charge < -0.3 is 0 Å². The maximum atomic E-state index is 4.08. The topological polar surface area (TPSA) is 50.5 Å². The van der Waals surface area contributed by atoms with E-state index >= 15 is 0 Å². The standard InChI is InChI=1S/C11H10N4/c1-9-11(7-12-8-13-9)15-14-10-5-3-2-4-6-10/h2-8H,1H3. The number of hydrogen-bond donors (Lipinski definition) is 0. The van der Waals surface area contributed by atoms with Crippen LogP contribution in [0.15, 0.2) is 53.1 Å². The Bertz CT molecular complexity index is 465. The predicted molar refractivity (Wildman–Crippen MR) is 57.4 cm³/mol. The van der Waals surface area contributed by atoms with Crippen LogP contribution in [0.5, 0.6) is 0 Å². The van der Waals surface area contributed by atoms with E-state index in [0.29, 0.717) is 5.69 Å². The second-order valence-electron chi connectivity index (χ2n) is 3.03. The van der Waals surface area contributed by atoms with Crippen LogP contribution in [-0.2, 0) is 0 Å². The lowest BCUT2D eigenvalue weighted by Gasteiger charge is -1.95. The molecule has 0 amide bonds. The molecule has 0 aliphatic rings. The molecule has 0 radical (unpaired) electrons. The van der Waals surface area contributed by atoms with Crippen molar-refractivity contribution in [2.75, 3.05) is 0 Å². The normalized spacial score (nSPS) is 10.7. The van der Waals surface area contributed by atoms with Crippen LogP contribution < -0.4 is 0 Å². The minimum absolute atomic E-state index is 0.696. The molecule has 15 heavy (non-hydrogen) atoms. The Morgan fingerprint density at radius 2 is 1.87 bits per heavy atom. The molecule has 2 rings (SSSR count). The van der Waals surface area contributed by atoms with E-state index in [2.05, 4.69) is 20.2 Å². The van der Waals surface area contributed by atoms with E-state index < -0.39 is 0 Å². The van der Waals surface area contributed by atoms with Gasteiger partial charge in [-0.15, -0.1) is 5.11 Å². The van der Waals surface area contributed by atoms with Crippen LogP contribution >= 0.6 is 0 Å². The van der Waals surface area contributed by atoms with E-state index in [9.17, 15) is 0 Å². The number of aromatic nitrogens is 2. The quantitative estimate of drug-likeness (QED) is 0.696. The van der Waals surface area contributed by atoms with Gasteiger partial charge in [0.1, 0.15) is 12.0 Å². The average Bonchev–Trinajstić information content (AvgIpc) is 2.29. The monoisotopic (exact) mass is 198 g/mol. The van der Waals surface area contributed by atoms with Crippen molar-refractivity contribution < 1.29 is 0 Å². The summed E-state index contributed by atoms with van der Waals surface area (Å²) in [7, 11) is 0. The second kappa shape index (κ2) is 4.41. The summed E-state index contributed by atoms with van der Waals surface area (Å²) in [5, 5.41) is 8.16. The lowest BCUT2D eigenvalue weighted by molar-refractivity contribution is 1.07. The molecule has 1 aromatic carbocycles. The fourth-order valence-corrected chi connectivity index (χ4v) is 1.09. The number of nitrogens with zero attached hydrogens (tertiary/aromatic N) is 4. The molecular weight excluding hydrogens is 188 g/mol. The van der Waals surface area contributed by atoms with E-state index in [0.717, 1.165) is 11.4 Å². The summed E-state index contributed by atoms with van der Waals surface area (Å²) >= 11 is 0. The van der Waals surface area contributed by atoms with Crippen molar-refractivity contribution in [3.05, 3.63) is 48.5 Å². The molecular formula is C11H10N4. The molecule has 4 nitrogen and oxygen atoms in total. The number of aryl methyl sites for hydroxylation is 1. The summed E-state index contributed by atoms with van der Waals surface area (Å²) in [4.78, 5) is 7.92. The molecule has 4 heteroatoms. The van der Waals surface area contributed by atoms with Crippen molar-refractivity contribution in [2.24, 2.45) is 10.2 Å². The summed E-state index contributed by atoms with van der Waals surface area (Å²) in [6, 6.07) is 9.56. The first kappa shape index (κ1) is 9.45. The van der Waals surface area contributed by atoms with E-state index in [1.165, 1.54) is 6.33 Å². The molecule has 0 unspecified atom stereocenters. The van der Waals surface area contributed by atoms with Gasteiger partial charge in [0.25, 0.3) is 0 Å². The van der Waals surface area contributed by atoms with Gasteiger partial charge >= 0.3 is 0 Å². The molecule has 0 atom stereocenters. The van der Waals surface area contributed by atoms with Gasteiger partial charge in [-0.1, -0.05) is 18.2 Å². The molecule has 0 aliphatic carbocycles. The largest absolute Gasteiger partial charge is 0.242 e. The lowest BCUT2D eigenvalue weighted by Crippen LogP contribution is -1.81. The summed E-state index contributed by atoms with van der Waals surface area (Å²) < 4.78 is 0. The highest BCUT2D eigenvalue weighted by Gasteiger charge is 1.95. The Morgan fingerprint density at radius 3 is 2.60 bits per heavy atom. The summed E-state index contributed by atoms with van der Waals surface area (Å²) in [5.74, 6) is 0. The third-order valence-electron chi connectivity index (χ3n) is 1.91. The van der Waals surface area contributed by atoms with Gasteiger partial charge in [-0.25, -0.2) is 9.97 Å². The number of rotatable bonds is 2. The van der Waals surface area contributed by atoms with Crippen molar-refractivity contribution in [1.82, 2.24) is 9.97 Å². The number of azo groups is 1. The van der Waals surface area contributed by atoms with Crippen molar-refractivity contribution in [1.29, 1.82) is 0 Å². The SMILES string of the molecule is Cc1ncncc1N=Nc1ccccc1. The van der Waals surface area contributed by atoms with Gasteiger partial charge in [-0.3, -0.25) is 0 Å².